The van der Waals surface area contributed by atoms with Crippen LogP contribution in [0.2, 0.25) is 0 Å². The number of carboxylic acids is 1. The molecule has 0 unspecified atom stereocenters. The van der Waals surface area contributed by atoms with Gasteiger partial charge in [-0.2, -0.15) is 0 Å². The molecule has 6 aliphatic rings. The first-order chi connectivity index (χ1) is 23.6. The lowest BCUT2D eigenvalue weighted by Gasteiger charge is -2.71. The van der Waals surface area contributed by atoms with E-state index in [1.807, 2.05) is 6.92 Å². The molecular formula is C38H58O13. The third-order valence-electron chi connectivity index (χ3n) is 15.9. The van der Waals surface area contributed by atoms with Gasteiger partial charge in [0.1, 0.15) is 36.6 Å². The van der Waals surface area contributed by atoms with E-state index < -0.39 is 112 Å². The maximum atomic E-state index is 14.5. The summed E-state index contributed by atoms with van der Waals surface area (Å²) in [6, 6.07) is 0. The molecule has 5 fully saturated rings. The molecule has 13 heteroatoms. The number of aliphatic carboxylic acids is 1. The number of esters is 2. The number of carbonyl (C=O) groups excluding carboxylic acids is 2. The molecule has 0 aromatic heterocycles. The van der Waals surface area contributed by atoms with Crippen LogP contribution in [0, 0.1) is 50.7 Å². The number of rotatable bonds is 5. The summed E-state index contributed by atoms with van der Waals surface area (Å²) >= 11 is 0. The van der Waals surface area contributed by atoms with Gasteiger partial charge in [-0.15, -0.1) is 0 Å². The van der Waals surface area contributed by atoms with Crippen molar-refractivity contribution in [3.63, 3.8) is 0 Å². The molecule has 13 nitrogen and oxygen atoms in total. The monoisotopic (exact) mass is 722 g/mol. The van der Waals surface area contributed by atoms with Crippen molar-refractivity contribution in [1.82, 2.24) is 0 Å². The quantitative estimate of drug-likeness (QED) is 0.160. The Morgan fingerprint density at radius 1 is 0.902 bits per heavy atom. The second kappa shape index (κ2) is 12.5. The van der Waals surface area contributed by atoms with E-state index in [1.165, 1.54) is 6.92 Å². The fourth-order valence-electron chi connectivity index (χ4n) is 12.6. The van der Waals surface area contributed by atoms with Crippen LogP contribution in [0.4, 0.5) is 0 Å². The van der Waals surface area contributed by atoms with Crippen molar-refractivity contribution in [3.05, 3.63) is 11.6 Å². The van der Waals surface area contributed by atoms with Gasteiger partial charge in [-0.1, -0.05) is 39.3 Å². The highest BCUT2D eigenvalue weighted by molar-refractivity contribution is 5.79. The predicted octanol–water partition coefficient (Wildman–Crippen LogP) is 2.07. The summed E-state index contributed by atoms with van der Waals surface area (Å²) in [6.07, 6.45) is -4.43. The zero-order chi connectivity index (χ0) is 37.9. The van der Waals surface area contributed by atoms with E-state index in [4.69, 9.17) is 14.2 Å². The second-order valence-electron chi connectivity index (χ2n) is 18.0. The lowest BCUT2D eigenvalue weighted by Crippen LogP contribution is -2.70. The van der Waals surface area contributed by atoms with Crippen LogP contribution in [0.25, 0.3) is 0 Å². The summed E-state index contributed by atoms with van der Waals surface area (Å²) in [6.45, 7) is 12.4. The van der Waals surface area contributed by atoms with Crippen LogP contribution in [-0.2, 0) is 28.6 Å². The largest absolute Gasteiger partial charge is 0.481 e. The molecule has 0 amide bonds. The summed E-state index contributed by atoms with van der Waals surface area (Å²) in [5.74, 6) is -3.75. The Morgan fingerprint density at radius 2 is 1.57 bits per heavy atom. The molecule has 1 saturated heterocycles. The molecule has 1 heterocycles. The van der Waals surface area contributed by atoms with Gasteiger partial charge in [-0.3, -0.25) is 14.4 Å². The standard InChI is InChI=1S/C38H58O13/c1-18-10-13-38(32(47)51-30-27(43)26(42)25(41)22(17-39)50-30)15-14-34(4)20(28(38)37(18,7)48)8-9-23-33(3)16-21(49-19(2)40)29(44)36(6,31(45)46)24(33)11-12-35(23,34)5/h8,18,21-30,39,41-44,48H,9-17H2,1-7H3,(H,45,46)/t18-,21-,22-,23-,24-,25-,26+,27-,28-,29+,30+,33+,34-,35-,36+,37-,38+/m1/s1. The Hall–Kier alpha value is -2.13. The fraction of sp³-hybridized carbons (Fsp3) is 0.868. The van der Waals surface area contributed by atoms with Gasteiger partial charge >= 0.3 is 17.9 Å². The molecule has 288 valence electrons. The summed E-state index contributed by atoms with van der Waals surface area (Å²) < 4.78 is 17.1. The van der Waals surface area contributed by atoms with E-state index in [1.54, 1.807) is 13.8 Å². The molecule has 7 N–H and O–H groups in total. The molecular weight excluding hydrogens is 664 g/mol. The van der Waals surface area contributed by atoms with Crippen LogP contribution in [0.5, 0.6) is 0 Å². The molecule has 0 radical (unpaired) electrons. The molecule has 17 atom stereocenters. The minimum Gasteiger partial charge on any atom is -0.481 e. The highest BCUT2D eigenvalue weighted by Crippen LogP contribution is 2.76. The van der Waals surface area contributed by atoms with Gasteiger partial charge in [0.15, 0.2) is 0 Å². The summed E-state index contributed by atoms with van der Waals surface area (Å²) in [5, 5.41) is 75.6. The van der Waals surface area contributed by atoms with Gasteiger partial charge < -0.3 is 50.0 Å². The normalized spacial score (nSPS) is 53.7. The molecule has 6 rings (SSSR count). The Balaban J connectivity index is 1.41. The van der Waals surface area contributed by atoms with Crippen molar-refractivity contribution in [1.29, 1.82) is 0 Å². The first-order valence-electron chi connectivity index (χ1n) is 18.6. The molecule has 5 aliphatic carbocycles. The molecule has 0 spiro atoms. The van der Waals surface area contributed by atoms with Crippen molar-refractivity contribution in [2.75, 3.05) is 6.61 Å². The number of ether oxygens (including phenoxy) is 3. The maximum Gasteiger partial charge on any atom is 0.315 e. The van der Waals surface area contributed by atoms with E-state index in [0.717, 1.165) is 5.57 Å². The van der Waals surface area contributed by atoms with Gasteiger partial charge in [-0.05, 0) is 99.2 Å². The highest BCUT2D eigenvalue weighted by atomic mass is 16.7. The lowest BCUT2D eigenvalue weighted by molar-refractivity contribution is -0.299. The molecule has 0 bridgehead atoms. The van der Waals surface area contributed by atoms with E-state index in [-0.39, 0.29) is 11.8 Å². The molecule has 4 saturated carbocycles. The number of hydrogen-bond acceptors (Lipinski definition) is 12. The van der Waals surface area contributed by atoms with Crippen LogP contribution < -0.4 is 0 Å². The van der Waals surface area contributed by atoms with E-state index in [0.29, 0.717) is 51.4 Å². The number of carboxylic acid groups (broad SMARTS) is 1. The van der Waals surface area contributed by atoms with Crippen LogP contribution in [-0.4, -0.2) is 109 Å². The first-order valence-corrected chi connectivity index (χ1v) is 18.6. The average Bonchev–Trinajstić information content (AvgIpc) is 3.05. The van der Waals surface area contributed by atoms with E-state index in [2.05, 4.69) is 26.8 Å². The van der Waals surface area contributed by atoms with Crippen LogP contribution in [0.3, 0.4) is 0 Å². The number of fused-ring (bicyclic) bond motifs is 7. The summed E-state index contributed by atoms with van der Waals surface area (Å²) in [4.78, 5) is 39.7. The van der Waals surface area contributed by atoms with Crippen molar-refractivity contribution in [2.45, 2.75) is 148 Å². The van der Waals surface area contributed by atoms with Crippen molar-refractivity contribution < 1.29 is 64.3 Å². The molecule has 51 heavy (non-hydrogen) atoms. The van der Waals surface area contributed by atoms with Crippen LogP contribution in [0.1, 0.15) is 99.8 Å². The SMILES string of the molecule is CC(=O)O[C@@H]1C[C@]2(C)[C@@H](CC[C@]3(C)[C@@H]2CC=C2[C@H]4[C@](C(=O)O[C@@H]5O[C@H](CO)[C@@H](O)[C@H](O)[C@H]5O)(CC[C@@H](C)[C@@]4(C)O)CC[C@]23C)[C@](C)(C(=O)O)[C@H]1O. The van der Waals surface area contributed by atoms with Gasteiger partial charge in [0.05, 0.1) is 23.0 Å². The maximum absolute atomic E-state index is 14.5. The Morgan fingerprint density at radius 3 is 2.18 bits per heavy atom. The number of carbonyl (C=O) groups is 3. The molecule has 0 aromatic rings. The van der Waals surface area contributed by atoms with Gasteiger partial charge in [0.25, 0.3) is 0 Å². The summed E-state index contributed by atoms with van der Waals surface area (Å²) in [7, 11) is 0. The smallest absolute Gasteiger partial charge is 0.315 e. The second-order valence-corrected chi connectivity index (χ2v) is 18.0. The lowest BCUT2D eigenvalue weighted by atomic mass is 9.33. The number of aliphatic hydroxyl groups excluding tert-OH is 5. The van der Waals surface area contributed by atoms with Gasteiger partial charge in [0.2, 0.25) is 6.29 Å². The minimum absolute atomic E-state index is 0.0822. The predicted molar refractivity (Wildman–Crippen MR) is 179 cm³/mol. The van der Waals surface area contributed by atoms with E-state index >= 15 is 0 Å². The zero-order valence-electron chi connectivity index (χ0n) is 30.9. The van der Waals surface area contributed by atoms with Crippen molar-refractivity contribution in [2.24, 2.45) is 50.7 Å². The zero-order valence-corrected chi connectivity index (χ0v) is 30.9. The van der Waals surface area contributed by atoms with E-state index in [9.17, 15) is 50.1 Å². The Kier molecular flexibility index (Phi) is 9.43. The third-order valence-corrected chi connectivity index (χ3v) is 15.9. The third kappa shape index (κ3) is 5.15. The summed E-state index contributed by atoms with van der Waals surface area (Å²) in [5.41, 5.74) is -4.79. The Labute approximate surface area is 299 Å². The number of hydrogen-bond donors (Lipinski definition) is 7. The molecule has 0 aromatic carbocycles. The number of allylic oxidation sites excluding steroid dienone is 1. The fourth-order valence-corrected chi connectivity index (χ4v) is 12.6. The average molecular weight is 723 g/mol. The van der Waals surface area contributed by atoms with Crippen molar-refractivity contribution in [3.8, 4) is 0 Å². The van der Waals surface area contributed by atoms with Crippen LogP contribution in [0.15, 0.2) is 11.6 Å². The highest BCUT2D eigenvalue weighted by Gasteiger charge is 2.74. The topological polar surface area (TPSA) is 221 Å². The van der Waals surface area contributed by atoms with Crippen molar-refractivity contribution >= 4 is 17.9 Å². The molecule has 1 aliphatic heterocycles. The number of aliphatic hydroxyl groups is 6. The van der Waals surface area contributed by atoms with Crippen LogP contribution >= 0.6 is 0 Å². The first kappa shape index (κ1) is 38.6. The minimum atomic E-state index is -1.76. The Bertz CT molecular complexity index is 1460. The van der Waals surface area contributed by atoms with Gasteiger partial charge in [-0.25, -0.2) is 0 Å². The van der Waals surface area contributed by atoms with Gasteiger partial charge in [0, 0.05) is 12.8 Å².